The van der Waals surface area contributed by atoms with Crippen molar-refractivity contribution >= 4 is 45.4 Å². The summed E-state index contributed by atoms with van der Waals surface area (Å²) in [5.41, 5.74) is 7.26. The van der Waals surface area contributed by atoms with Crippen LogP contribution in [0.4, 0.5) is 16.2 Å². The van der Waals surface area contributed by atoms with E-state index in [1.807, 2.05) is 0 Å². The molecule has 3 heterocycles. The molecule has 0 radical (unpaired) electrons. The summed E-state index contributed by atoms with van der Waals surface area (Å²) in [7, 11) is 0. The van der Waals surface area contributed by atoms with Gasteiger partial charge >= 0.3 is 0 Å². The number of anilines is 2. The van der Waals surface area contributed by atoms with E-state index >= 15 is 0 Å². The van der Waals surface area contributed by atoms with E-state index in [0.29, 0.717) is 47.0 Å². The van der Waals surface area contributed by atoms with Crippen molar-refractivity contribution in [3.63, 3.8) is 0 Å². The Morgan fingerprint density at radius 1 is 1.16 bits per heavy atom. The lowest BCUT2D eigenvalue weighted by atomic mass is 10.2. The molecule has 0 amide bonds. The van der Waals surface area contributed by atoms with Crippen molar-refractivity contribution < 1.29 is 4.39 Å². The molecule has 0 saturated heterocycles. The fourth-order valence-electron chi connectivity index (χ4n) is 3.55. The quantitative estimate of drug-likeness (QED) is 0.375. The molecular weight excluding hydrogens is 435 g/mol. The highest BCUT2D eigenvalue weighted by molar-refractivity contribution is 6.35. The molecule has 32 heavy (non-hydrogen) atoms. The third kappa shape index (κ3) is 3.50. The number of benzene rings is 2. The van der Waals surface area contributed by atoms with Gasteiger partial charge in [0.05, 0.1) is 27.9 Å². The highest BCUT2D eigenvalue weighted by Gasteiger charge is 2.16. The minimum atomic E-state index is -0.463. The summed E-state index contributed by atoms with van der Waals surface area (Å²) in [6.07, 6.45) is 1.82. The Bertz CT molecular complexity index is 1530. The lowest BCUT2D eigenvalue weighted by molar-refractivity contribution is 0.625. The second-order valence-corrected chi connectivity index (χ2v) is 7.40. The Hall–Kier alpha value is -4.05. The number of aromatic nitrogens is 6. The van der Waals surface area contributed by atoms with Gasteiger partial charge in [-0.2, -0.15) is 9.97 Å². The standard InChI is InChI=1S/C21H16ClFN8O/c22-13-5-2-6-14-16(13)20(32)31(12-4-1-3-11(23)9-12)15(28-14)7-8-25-18-17-19(27-10-26-17)30-21(24)29-18/h1-6,9-10H,7-8H2,(H4,24,25,26,27,29,30). The topological polar surface area (TPSA) is 127 Å². The van der Waals surface area contributed by atoms with Crippen LogP contribution >= 0.6 is 11.6 Å². The summed E-state index contributed by atoms with van der Waals surface area (Å²) in [4.78, 5) is 33.3. The fourth-order valence-corrected chi connectivity index (χ4v) is 3.80. The maximum absolute atomic E-state index is 13.9. The number of fused-ring (bicyclic) bond motifs is 2. The van der Waals surface area contributed by atoms with Crippen LogP contribution in [0.1, 0.15) is 5.82 Å². The van der Waals surface area contributed by atoms with Crippen LogP contribution in [-0.4, -0.2) is 36.0 Å². The van der Waals surface area contributed by atoms with Crippen LogP contribution in [-0.2, 0) is 6.42 Å². The van der Waals surface area contributed by atoms with Gasteiger partial charge in [0.1, 0.15) is 17.2 Å². The van der Waals surface area contributed by atoms with Gasteiger partial charge in [0.25, 0.3) is 5.56 Å². The SMILES string of the molecule is Nc1nc(NCCc2nc3cccc(Cl)c3c(=O)n2-c2cccc(F)c2)c2nc[nH]c2n1. The Morgan fingerprint density at radius 3 is 2.84 bits per heavy atom. The van der Waals surface area contributed by atoms with E-state index in [1.54, 1.807) is 24.3 Å². The monoisotopic (exact) mass is 450 g/mol. The number of nitrogen functional groups attached to an aromatic ring is 1. The van der Waals surface area contributed by atoms with Gasteiger partial charge in [-0.1, -0.05) is 23.7 Å². The highest BCUT2D eigenvalue weighted by atomic mass is 35.5. The molecule has 0 saturated carbocycles. The van der Waals surface area contributed by atoms with E-state index in [-0.39, 0.29) is 21.9 Å². The molecule has 2 aromatic carbocycles. The minimum absolute atomic E-state index is 0.0967. The summed E-state index contributed by atoms with van der Waals surface area (Å²) in [6.45, 7) is 0.353. The van der Waals surface area contributed by atoms with E-state index < -0.39 is 5.82 Å². The number of aromatic amines is 1. The largest absolute Gasteiger partial charge is 0.368 e. The summed E-state index contributed by atoms with van der Waals surface area (Å²) in [5.74, 6) is 0.523. The molecule has 5 rings (SSSR count). The van der Waals surface area contributed by atoms with E-state index in [2.05, 4.69) is 30.2 Å². The number of rotatable bonds is 5. The normalized spacial score (nSPS) is 11.3. The van der Waals surface area contributed by atoms with E-state index in [0.717, 1.165) is 0 Å². The van der Waals surface area contributed by atoms with Crippen molar-refractivity contribution in [1.29, 1.82) is 0 Å². The van der Waals surface area contributed by atoms with Gasteiger partial charge in [-0.3, -0.25) is 9.36 Å². The zero-order valence-electron chi connectivity index (χ0n) is 16.5. The first-order chi connectivity index (χ1) is 15.5. The third-order valence-electron chi connectivity index (χ3n) is 4.92. The smallest absolute Gasteiger partial charge is 0.267 e. The van der Waals surface area contributed by atoms with Crippen molar-refractivity contribution in [3.8, 4) is 5.69 Å². The van der Waals surface area contributed by atoms with Crippen LogP contribution in [0.25, 0.3) is 27.8 Å². The molecule has 4 N–H and O–H groups in total. The minimum Gasteiger partial charge on any atom is -0.368 e. The predicted octanol–water partition coefficient (Wildman–Crippen LogP) is 3.08. The molecule has 0 aliphatic rings. The average Bonchev–Trinajstić information content (AvgIpc) is 3.22. The lowest BCUT2D eigenvalue weighted by Gasteiger charge is -2.15. The summed E-state index contributed by atoms with van der Waals surface area (Å²) >= 11 is 6.27. The number of nitrogens with one attached hydrogen (secondary N) is 2. The van der Waals surface area contributed by atoms with Crippen molar-refractivity contribution in [2.24, 2.45) is 0 Å². The summed E-state index contributed by atoms with van der Waals surface area (Å²) < 4.78 is 15.3. The maximum atomic E-state index is 13.9. The van der Waals surface area contributed by atoms with Crippen molar-refractivity contribution in [2.45, 2.75) is 6.42 Å². The van der Waals surface area contributed by atoms with Crippen LogP contribution in [0.5, 0.6) is 0 Å². The zero-order valence-corrected chi connectivity index (χ0v) is 17.3. The van der Waals surface area contributed by atoms with Crippen LogP contribution in [0, 0.1) is 5.82 Å². The predicted molar refractivity (Wildman–Crippen MR) is 121 cm³/mol. The zero-order chi connectivity index (χ0) is 22.2. The highest BCUT2D eigenvalue weighted by Crippen LogP contribution is 2.21. The summed E-state index contributed by atoms with van der Waals surface area (Å²) in [6, 6.07) is 10.8. The fraction of sp³-hybridized carbons (Fsp3) is 0.0952. The molecule has 11 heteroatoms. The molecule has 0 aliphatic carbocycles. The molecule has 0 unspecified atom stereocenters. The van der Waals surface area contributed by atoms with Crippen molar-refractivity contribution in [1.82, 2.24) is 29.5 Å². The Kier molecular flexibility index (Phi) is 4.91. The molecule has 3 aromatic heterocycles. The number of nitrogens with two attached hydrogens (primary N) is 1. The average molecular weight is 451 g/mol. The molecule has 9 nitrogen and oxygen atoms in total. The van der Waals surface area contributed by atoms with Crippen LogP contribution in [0.2, 0.25) is 5.02 Å². The Morgan fingerprint density at radius 2 is 2.00 bits per heavy atom. The maximum Gasteiger partial charge on any atom is 0.267 e. The number of hydrogen-bond acceptors (Lipinski definition) is 7. The second kappa shape index (κ2) is 7.89. The summed E-state index contributed by atoms with van der Waals surface area (Å²) in [5, 5.41) is 3.72. The molecule has 0 spiro atoms. The molecule has 0 fully saturated rings. The van der Waals surface area contributed by atoms with Crippen LogP contribution in [0.3, 0.4) is 0 Å². The first-order valence-electron chi connectivity index (χ1n) is 9.68. The Labute approximate surface area is 185 Å². The van der Waals surface area contributed by atoms with Gasteiger partial charge in [0.2, 0.25) is 5.95 Å². The van der Waals surface area contributed by atoms with Crippen molar-refractivity contribution in [3.05, 3.63) is 75.8 Å². The molecule has 0 bridgehead atoms. The van der Waals surface area contributed by atoms with Gasteiger partial charge in [0.15, 0.2) is 11.5 Å². The van der Waals surface area contributed by atoms with Gasteiger partial charge in [0, 0.05) is 13.0 Å². The first kappa shape index (κ1) is 19.9. The van der Waals surface area contributed by atoms with Crippen LogP contribution in [0.15, 0.2) is 53.6 Å². The number of H-pyrrole nitrogens is 1. The van der Waals surface area contributed by atoms with Gasteiger partial charge in [-0.25, -0.2) is 14.4 Å². The van der Waals surface area contributed by atoms with Crippen LogP contribution < -0.4 is 16.6 Å². The van der Waals surface area contributed by atoms with Gasteiger partial charge in [-0.05, 0) is 30.3 Å². The number of halogens is 2. The molecule has 160 valence electrons. The van der Waals surface area contributed by atoms with Crippen molar-refractivity contribution in [2.75, 3.05) is 17.6 Å². The molecule has 5 aromatic rings. The molecule has 0 atom stereocenters. The Balaban J connectivity index is 1.56. The molecular formula is C21H16ClFN8O. The number of nitrogens with zero attached hydrogens (tertiary/aromatic N) is 5. The third-order valence-corrected chi connectivity index (χ3v) is 5.23. The van der Waals surface area contributed by atoms with Gasteiger partial charge < -0.3 is 16.0 Å². The lowest BCUT2D eigenvalue weighted by Crippen LogP contribution is -2.25. The number of hydrogen-bond donors (Lipinski definition) is 3. The van der Waals surface area contributed by atoms with Gasteiger partial charge in [-0.15, -0.1) is 0 Å². The molecule has 0 aliphatic heterocycles. The van der Waals surface area contributed by atoms with E-state index in [1.165, 1.54) is 29.1 Å². The number of imidazole rings is 1. The van der Waals surface area contributed by atoms with E-state index in [4.69, 9.17) is 17.3 Å². The first-order valence-corrected chi connectivity index (χ1v) is 10.1. The van der Waals surface area contributed by atoms with E-state index in [9.17, 15) is 9.18 Å². The second-order valence-electron chi connectivity index (χ2n) is 6.99.